The average molecular weight is 300 g/mol. The molecule has 4 heteroatoms. The maximum absolute atomic E-state index is 2.46. The molecule has 0 unspecified atom stereocenters. The maximum atomic E-state index is 2.46. The molecular formula is C16H24B2P2. The van der Waals surface area contributed by atoms with Gasteiger partial charge in [-0.15, -0.1) is 0 Å². The van der Waals surface area contributed by atoms with Crippen LogP contribution in [-0.4, -0.2) is 39.5 Å². The summed E-state index contributed by atoms with van der Waals surface area (Å²) < 4.78 is 0. The normalized spacial score (nSPS) is 33.4. The molecule has 104 valence electrons. The molecule has 20 heavy (non-hydrogen) atoms. The summed E-state index contributed by atoms with van der Waals surface area (Å²) in [7, 11) is 0.275. The molecule has 4 atom stereocenters. The first-order valence-corrected chi connectivity index (χ1v) is 10.2. The topological polar surface area (TPSA) is 0 Å². The van der Waals surface area contributed by atoms with Crippen LogP contribution in [0.15, 0.2) is 24.3 Å². The van der Waals surface area contributed by atoms with E-state index in [4.69, 9.17) is 0 Å². The molecule has 2 saturated heterocycles. The second-order valence-electron chi connectivity index (χ2n) is 6.17. The minimum absolute atomic E-state index is 0. The van der Waals surface area contributed by atoms with Gasteiger partial charge in [-0.2, -0.15) is 0 Å². The molecule has 2 aliphatic rings. The van der Waals surface area contributed by atoms with Gasteiger partial charge in [-0.1, -0.05) is 67.8 Å². The van der Waals surface area contributed by atoms with Gasteiger partial charge in [-0.3, -0.25) is 0 Å². The molecular weight excluding hydrogens is 276 g/mol. The van der Waals surface area contributed by atoms with Crippen LogP contribution in [0.25, 0.3) is 0 Å². The number of benzene rings is 1. The van der Waals surface area contributed by atoms with E-state index in [9.17, 15) is 0 Å². The van der Waals surface area contributed by atoms with E-state index in [0.29, 0.717) is 0 Å². The average Bonchev–Trinajstić information content (AvgIpc) is 2.31. The standard InChI is InChI=1S/C16H24P2.2B/c1-11-9-12(2)17(11)15-7-5-6-8-16(15)18-13(3)10-14(18)4;;/h5-8,11-14H,9-10H2,1-4H3;;/t11-,12-,13-,14-;;/m0../s1. The van der Waals surface area contributed by atoms with Crippen LogP contribution in [0.4, 0.5) is 0 Å². The third-order valence-electron chi connectivity index (χ3n) is 4.70. The molecule has 0 N–H and O–H groups in total. The Kier molecular flexibility index (Phi) is 6.37. The highest BCUT2D eigenvalue weighted by atomic mass is 31.1. The molecule has 0 nitrogen and oxygen atoms in total. The lowest BCUT2D eigenvalue weighted by atomic mass is 10.2. The first-order valence-electron chi connectivity index (χ1n) is 7.25. The van der Waals surface area contributed by atoms with Crippen LogP contribution in [0, 0.1) is 0 Å². The quantitative estimate of drug-likeness (QED) is 0.579. The van der Waals surface area contributed by atoms with Crippen molar-refractivity contribution in [2.75, 3.05) is 0 Å². The van der Waals surface area contributed by atoms with E-state index in [1.165, 1.54) is 12.8 Å². The Morgan fingerprint density at radius 2 is 1.00 bits per heavy atom. The van der Waals surface area contributed by atoms with E-state index in [0.717, 1.165) is 22.6 Å². The fourth-order valence-corrected chi connectivity index (χ4v) is 10.8. The Balaban J connectivity index is 0.000001000. The molecule has 0 aliphatic carbocycles. The molecule has 6 radical (unpaired) electrons. The van der Waals surface area contributed by atoms with Gasteiger partial charge in [0.25, 0.3) is 0 Å². The molecule has 0 aromatic heterocycles. The van der Waals surface area contributed by atoms with Crippen molar-refractivity contribution >= 4 is 43.3 Å². The molecule has 3 rings (SSSR count). The summed E-state index contributed by atoms with van der Waals surface area (Å²) in [6.07, 6.45) is 2.89. The Morgan fingerprint density at radius 3 is 1.25 bits per heavy atom. The maximum Gasteiger partial charge on any atom is 0 e. The lowest BCUT2D eigenvalue weighted by Crippen LogP contribution is -2.41. The molecule has 2 heterocycles. The van der Waals surface area contributed by atoms with Crippen LogP contribution in [0.5, 0.6) is 0 Å². The number of hydrogen-bond acceptors (Lipinski definition) is 0. The minimum Gasteiger partial charge on any atom is -0.0688 e. The highest BCUT2D eigenvalue weighted by Gasteiger charge is 2.41. The van der Waals surface area contributed by atoms with Crippen molar-refractivity contribution < 1.29 is 0 Å². The van der Waals surface area contributed by atoms with E-state index < -0.39 is 0 Å². The Labute approximate surface area is 131 Å². The summed E-state index contributed by atoms with van der Waals surface area (Å²) in [5, 5.41) is 3.53. The van der Waals surface area contributed by atoms with Crippen LogP contribution >= 0.6 is 15.8 Å². The third-order valence-corrected chi connectivity index (χ3v) is 11.4. The zero-order valence-electron chi connectivity index (χ0n) is 13.1. The third kappa shape index (κ3) is 2.89. The van der Waals surface area contributed by atoms with Crippen molar-refractivity contribution in [1.82, 2.24) is 0 Å². The fraction of sp³-hybridized carbons (Fsp3) is 0.625. The van der Waals surface area contributed by atoms with E-state index >= 15 is 0 Å². The highest BCUT2D eigenvalue weighted by molar-refractivity contribution is 7.74. The molecule has 2 aliphatic heterocycles. The van der Waals surface area contributed by atoms with Gasteiger partial charge in [0.1, 0.15) is 0 Å². The zero-order chi connectivity index (χ0) is 12.9. The minimum atomic E-state index is 0. The molecule has 2 fully saturated rings. The van der Waals surface area contributed by atoms with Gasteiger partial charge in [0.2, 0.25) is 0 Å². The summed E-state index contributed by atoms with van der Waals surface area (Å²) >= 11 is 0. The van der Waals surface area contributed by atoms with E-state index in [1.807, 2.05) is 0 Å². The predicted molar refractivity (Wildman–Crippen MR) is 98.1 cm³/mol. The fourth-order valence-electron chi connectivity index (χ4n) is 3.89. The largest absolute Gasteiger partial charge is 0.0688 e. The van der Waals surface area contributed by atoms with E-state index in [2.05, 4.69) is 52.0 Å². The molecule has 0 amide bonds. The van der Waals surface area contributed by atoms with E-state index in [-0.39, 0.29) is 32.7 Å². The monoisotopic (exact) mass is 300 g/mol. The van der Waals surface area contributed by atoms with Crippen molar-refractivity contribution in [3.8, 4) is 0 Å². The van der Waals surface area contributed by atoms with Crippen LogP contribution in [0.2, 0.25) is 0 Å². The predicted octanol–water partition coefficient (Wildman–Crippen LogP) is 3.50. The molecule has 0 spiro atoms. The van der Waals surface area contributed by atoms with Crippen LogP contribution in [-0.2, 0) is 0 Å². The molecule has 1 aromatic rings. The van der Waals surface area contributed by atoms with Gasteiger partial charge in [-0.05, 0) is 46.1 Å². The second kappa shape index (κ2) is 6.98. The van der Waals surface area contributed by atoms with Crippen LogP contribution < -0.4 is 10.6 Å². The number of hydrogen-bond donors (Lipinski definition) is 0. The van der Waals surface area contributed by atoms with Crippen molar-refractivity contribution in [1.29, 1.82) is 0 Å². The second-order valence-corrected chi connectivity index (χ2v) is 12.3. The Morgan fingerprint density at radius 1 is 0.700 bits per heavy atom. The lowest BCUT2D eigenvalue weighted by molar-refractivity contribution is 0.711. The van der Waals surface area contributed by atoms with Gasteiger partial charge in [0.05, 0.1) is 0 Å². The Hall–Kier alpha value is 0.210. The van der Waals surface area contributed by atoms with Gasteiger partial charge in [0, 0.05) is 16.8 Å². The van der Waals surface area contributed by atoms with Crippen molar-refractivity contribution in [2.45, 2.75) is 63.2 Å². The summed E-state index contributed by atoms with van der Waals surface area (Å²) in [5.74, 6) is 0. The smallest absolute Gasteiger partial charge is 0 e. The summed E-state index contributed by atoms with van der Waals surface area (Å²) in [6, 6.07) is 9.44. The first-order chi connectivity index (χ1) is 8.59. The summed E-state index contributed by atoms with van der Waals surface area (Å²) in [5.41, 5.74) is 3.83. The van der Waals surface area contributed by atoms with Gasteiger partial charge < -0.3 is 0 Å². The molecule has 0 saturated carbocycles. The van der Waals surface area contributed by atoms with Crippen LogP contribution in [0.1, 0.15) is 40.5 Å². The van der Waals surface area contributed by atoms with Crippen LogP contribution in [0.3, 0.4) is 0 Å². The van der Waals surface area contributed by atoms with Crippen molar-refractivity contribution in [2.24, 2.45) is 0 Å². The zero-order valence-corrected chi connectivity index (χ0v) is 14.9. The SMILES string of the molecule is C[C@H]1C[C@H](C)P1c1ccccc1P1[C@@H](C)C[C@@H]1C.[B].[B]. The summed E-state index contributed by atoms with van der Waals surface area (Å²) in [6.45, 7) is 9.85. The van der Waals surface area contributed by atoms with Crippen molar-refractivity contribution in [3.63, 3.8) is 0 Å². The molecule has 0 bridgehead atoms. The summed E-state index contributed by atoms with van der Waals surface area (Å²) in [4.78, 5) is 0. The van der Waals surface area contributed by atoms with Gasteiger partial charge >= 0.3 is 0 Å². The lowest BCUT2D eigenvalue weighted by Gasteiger charge is -2.47. The Bertz CT molecular complexity index is 395. The molecule has 1 aromatic carbocycles. The van der Waals surface area contributed by atoms with Gasteiger partial charge in [0.15, 0.2) is 0 Å². The highest BCUT2D eigenvalue weighted by Crippen LogP contribution is 2.62. The van der Waals surface area contributed by atoms with Gasteiger partial charge in [-0.25, -0.2) is 0 Å². The first kappa shape index (κ1) is 18.3. The van der Waals surface area contributed by atoms with E-state index in [1.54, 1.807) is 10.6 Å². The van der Waals surface area contributed by atoms with Crippen molar-refractivity contribution in [3.05, 3.63) is 24.3 Å². The number of rotatable bonds is 2.